The molecule has 8 bridgehead atoms. The third-order valence-electron chi connectivity index (χ3n) is 12.2. The van der Waals surface area contributed by atoms with Crippen LogP contribution in [-0.4, -0.2) is 92.2 Å². The van der Waals surface area contributed by atoms with Gasteiger partial charge in [-0.1, -0.05) is 55.8 Å². The minimum Gasteiger partial charge on any atom is -0.657 e. The van der Waals surface area contributed by atoms with Crippen LogP contribution in [0.1, 0.15) is 154 Å². The molecule has 0 saturated heterocycles. The van der Waals surface area contributed by atoms with Crippen molar-refractivity contribution in [2.24, 2.45) is 0 Å². The molecule has 5 heterocycles. The Kier molecular flexibility index (Phi) is 18.7. The van der Waals surface area contributed by atoms with E-state index in [-0.39, 0.29) is 79.5 Å². The number of carboxylic acids is 2. The number of hydrogen-bond donors (Lipinski definition) is 4. The molecule has 0 spiro atoms. The maximum Gasteiger partial charge on any atom is 2.00 e. The first kappa shape index (κ1) is 52.5. The zero-order valence-corrected chi connectivity index (χ0v) is 42.9. The Labute approximate surface area is 394 Å². The summed E-state index contributed by atoms with van der Waals surface area (Å²) in [7, 11) is 0. The van der Waals surface area contributed by atoms with Crippen LogP contribution < -0.4 is 15.3 Å². The number of carboxylic acid groups (broad SMARTS) is 2. The molecule has 15 heteroatoms. The van der Waals surface area contributed by atoms with Gasteiger partial charge in [-0.05, 0) is 109 Å². The number of aromatic carboxylic acids is 1. The molecule has 2 aliphatic rings. The summed E-state index contributed by atoms with van der Waals surface area (Å²) in [6, 6.07) is 5.67. The number of fused-ring (bicyclic) bond motifs is 8. The van der Waals surface area contributed by atoms with E-state index in [0.29, 0.717) is 83.1 Å². The van der Waals surface area contributed by atoms with Crippen molar-refractivity contribution in [1.82, 2.24) is 25.3 Å². The quantitative estimate of drug-likeness (QED) is 0.0552. The molecule has 342 valence electrons. The van der Waals surface area contributed by atoms with E-state index in [4.69, 9.17) is 34.5 Å². The number of allylic oxidation sites excluding steroid dienone is 2. The van der Waals surface area contributed by atoms with E-state index in [2.05, 4.69) is 25.7 Å². The number of rotatable bonds is 22. The van der Waals surface area contributed by atoms with Crippen molar-refractivity contribution in [2.75, 3.05) is 37.9 Å². The van der Waals surface area contributed by atoms with Crippen molar-refractivity contribution < 1.29 is 58.7 Å². The maximum atomic E-state index is 14.0. The molecule has 3 aromatic heterocycles. The molecule has 2 unspecified atom stereocenters. The van der Waals surface area contributed by atoms with E-state index < -0.39 is 17.9 Å². The van der Waals surface area contributed by atoms with Crippen molar-refractivity contribution in [2.45, 2.75) is 130 Å². The number of nitrogens with one attached hydrogen (secondary N) is 1. The molecule has 0 aromatic carbocycles. The number of aliphatic carboxylic acids is 1. The van der Waals surface area contributed by atoms with Gasteiger partial charge >= 0.3 is 31.4 Å². The summed E-state index contributed by atoms with van der Waals surface area (Å²) in [6.07, 6.45) is 4.83. The second-order valence-corrected chi connectivity index (χ2v) is 18.9. The van der Waals surface area contributed by atoms with Crippen molar-refractivity contribution in [1.29, 1.82) is 0 Å². The van der Waals surface area contributed by atoms with Crippen molar-refractivity contribution in [3.05, 3.63) is 75.4 Å². The number of nitrogens with zero attached hydrogens (tertiary/aromatic N) is 4. The molecule has 3 aromatic rings. The maximum absolute atomic E-state index is 14.0. The topological polar surface area (TPSA) is 196 Å². The third-order valence-corrected chi connectivity index (χ3v) is 13.3. The van der Waals surface area contributed by atoms with Crippen molar-refractivity contribution >= 4 is 68.9 Å². The zero-order valence-electron chi connectivity index (χ0n) is 39.2. The largest absolute Gasteiger partial charge is 2.00 e. The summed E-state index contributed by atoms with van der Waals surface area (Å²) in [5.41, 5.74) is 8.35. The van der Waals surface area contributed by atoms with Crippen LogP contribution in [0, 0.1) is 13.8 Å². The van der Waals surface area contributed by atoms with E-state index in [1.807, 2.05) is 59.7 Å². The van der Waals surface area contributed by atoms with E-state index in [1.165, 1.54) is 0 Å². The van der Waals surface area contributed by atoms with Gasteiger partial charge in [-0.25, -0.2) is 9.78 Å². The smallest absolute Gasteiger partial charge is 0.657 e. The van der Waals surface area contributed by atoms with Crippen molar-refractivity contribution in [3.63, 3.8) is 0 Å². The minimum atomic E-state index is -1.19. The van der Waals surface area contributed by atoms with Crippen LogP contribution in [0.3, 0.4) is 0 Å². The van der Waals surface area contributed by atoms with Crippen LogP contribution in [0.25, 0.3) is 39.3 Å². The molecule has 5 rings (SSSR count). The summed E-state index contributed by atoms with van der Waals surface area (Å²) in [5.74, 6) is -1.64. The molecule has 2 atom stereocenters. The molecular formula is C49H65N5O8SZn. The van der Waals surface area contributed by atoms with E-state index in [1.54, 1.807) is 24.8 Å². The Bertz CT molecular complexity index is 2400. The molecule has 1 amide bonds. The molecular weight excluding hydrogens is 884 g/mol. The fraction of sp³-hybridized carbons (Fsp3) is 0.531. The number of hydrogen-bond acceptors (Lipinski definition) is 9. The molecule has 64 heavy (non-hydrogen) atoms. The second-order valence-electron chi connectivity index (χ2n) is 17.7. The van der Waals surface area contributed by atoms with Crippen LogP contribution in [0.5, 0.6) is 0 Å². The van der Waals surface area contributed by atoms with Crippen LogP contribution in [0.4, 0.5) is 0 Å². The van der Waals surface area contributed by atoms with E-state index in [9.17, 15) is 24.6 Å². The minimum absolute atomic E-state index is 0. The average molecular weight is 950 g/mol. The first-order chi connectivity index (χ1) is 29.8. The Morgan fingerprint density at radius 3 is 2.25 bits per heavy atom. The summed E-state index contributed by atoms with van der Waals surface area (Å²) in [6.45, 7) is 23.2. The first-order valence-electron chi connectivity index (χ1n) is 22.0. The average Bonchev–Trinajstić information content (AvgIpc) is 3.90. The predicted molar refractivity (Wildman–Crippen MR) is 251 cm³/mol. The molecule has 0 radical (unpaired) electrons. The van der Waals surface area contributed by atoms with Gasteiger partial charge in [0.05, 0.1) is 48.8 Å². The first-order valence-corrected chi connectivity index (χ1v) is 23.1. The van der Waals surface area contributed by atoms with Crippen molar-refractivity contribution in [3.8, 4) is 0 Å². The number of aromatic nitrogens is 4. The van der Waals surface area contributed by atoms with Crippen LogP contribution in [0.15, 0.2) is 24.8 Å². The van der Waals surface area contributed by atoms with E-state index >= 15 is 0 Å². The van der Waals surface area contributed by atoms with Gasteiger partial charge in [-0.15, -0.1) is 22.1 Å². The van der Waals surface area contributed by atoms with Crippen LogP contribution in [0.2, 0.25) is 0 Å². The van der Waals surface area contributed by atoms with Crippen LogP contribution >= 0.6 is 11.8 Å². The summed E-state index contributed by atoms with van der Waals surface area (Å²) in [4.78, 5) is 59.3. The van der Waals surface area contributed by atoms with Gasteiger partial charge in [0.2, 0.25) is 5.91 Å². The summed E-state index contributed by atoms with van der Waals surface area (Å²) in [5, 5.41) is 32.7. The van der Waals surface area contributed by atoms with Gasteiger partial charge in [0.25, 0.3) is 0 Å². The SMILES string of the molecule is C=Cc1c(C)c2cc3nc(c(CC(=O)NCCSCCCC(C)(C)OCCC(C)(C)OCCO)c4[n-]c(cc5nc(cc1[n-]2)C(C)=C5CC)c(C)c4C(=O)O)C(CCC(=O)O)C3C.[Zn+2]. The number of thioether (sulfide) groups is 1. The monoisotopic (exact) mass is 947 g/mol. The Morgan fingerprint density at radius 2 is 1.59 bits per heavy atom. The number of carbonyl (C=O) groups is 3. The Morgan fingerprint density at radius 1 is 0.922 bits per heavy atom. The number of carbonyl (C=O) groups excluding carboxylic acids is 1. The van der Waals surface area contributed by atoms with Gasteiger partial charge in [0, 0.05) is 47.5 Å². The Hall–Kier alpha value is -4.14. The number of ether oxygens (including phenoxy) is 2. The molecule has 0 saturated carbocycles. The normalized spacial score (nSPS) is 15.3. The second kappa shape index (κ2) is 22.9. The number of aryl methyl sites for hydroxylation is 2. The van der Waals surface area contributed by atoms with Gasteiger partial charge in [0.15, 0.2) is 0 Å². The number of amides is 1. The fourth-order valence-electron chi connectivity index (χ4n) is 8.44. The third kappa shape index (κ3) is 12.8. The summed E-state index contributed by atoms with van der Waals surface area (Å²) >= 11 is 1.73. The van der Waals surface area contributed by atoms with Gasteiger partial charge in [-0.2, -0.15) is 11.8 Å². The fourth-order valence-corrected chi connectivity index (χ4v) is 9.24. The standard InChI is InChI=1S/C49H67N5O8S.Zn/c1-11-32-28(3)36-25-38-30(5)34(14-15-43(57)58)45(53-38)35(24-42(56)50-18-23-63-22-13-16-48(7,8)61-20-17-49(9,10)62-21-19-55)46-44(47(59)60)31(6)39(54-46)27-41-33(12-2)29(4)37(52-41)26-40(32)51-36;/h11,25-27,30,34,55H,1,12-24H2,2-10H3,(H5,50,51,52,53,54,56,57,58,59,60);/q;+2/p-2. The van der Waals surface area contributed by atoms with Gasteiger partial charge in [-0.3, -0.25) is 14.6 Å². The number of aliphatic hydroxyl groups excluding tert-OH is 1. The Balaban J connectivity index is 0.00000898. The predicted octanol–water partition coefficient (Wildman–Crippen LogP) is 8.77. The van der Waals surface area contributed by atoms with Gasteiger partial charge in [0.1, 0.15) is 0 Å². The number of aliphatic hydroxyl groups is 1. The molecule has 13 nitrogen and oxygen atoms in total. The molecule has 4 N–H and O–H groups in total. The van der Waals surface area contributed by atoms with Gasteiger partial charge < -0.3 is 40.1 Å². The molecule has 2 aliphatic heterocycles. The summed E-state index contributed by atoms with van der Waals surface area (Å²) < 4.78 is 11.9. The molecule has 0 fully saturated rings. The van der Waals surface area contributed by atoms with Crippen LogP contribution in [-0.2, 0) is 45.0 Å². The molecule has 0 aliphatic carbocycles. The van der Waals surface area contributed by atoms with E-state index in [0.717, 1.165) is 46.6 Å². The zero-order chi connectivity index (χ0) is 46.2.